The molecule has 0 radical (unpaired) electrons. The summed E-state index contributed by atoms with van der Waals surface area (Å²) in [7, 11) is -3.32. The lowest BCUT2D eigenvalue weighted by Gasteiger charge is -2.31. The van der Waals surface area contributed by atoms with Gasteiger partial charge in [-0.3, -0.25) is 14.3 Å². The second-order valence-electron chi connectivity index (χ2n) is 13.5. The zero-order valence-electron chi connectivity index (χ0n) is 26.9. The van der Waals surface area contributed by atoms with E-state index in [-0.39, 0.29) is 30.3 Å². The predicted molar refractivity (Wildman–Crippen MR) is 179 cm³/mol. The Labute approximate surface area is 275 Å². The van der Waals surface area contributed by atoms with Crippen LogP contribution in [0.1, 0.15) is 48.1 Å². The van der Waals surface area contributed by atoms with Crippen LogP contribution in [0.15, 0.2) is 85.1 Å². The van der Waals surface area contributed by atoms with Gasteiger partial charge in [0.15, 0.2) is 5.60 Å². The lowest BCUT2D eigenvalue weighted by molar-refractivity contribution is -0.146. The highest BCUT2D eigenvalue weighted by Crippen LogP contribution is 2.60. The minimum absolute atomic E-state index is 0.0987. The molecule has 1 N–H and O–H groups in total. The van der Waals surface area contributed by atoms with E-state index >= 15 is 4.11 Å². The number of carbonyl (C=O) groups excluding carboxylic acids is 2. The van der Waals surface area contributed by atoms with Crippen molar-refractivity contribution in [2.24, 2.45) is 5.92 Å². The number of anilines is 2. The van der Waals surface area contributed by atoms with Gasteiger partial charge in [-0.25, -0.2) is 0 Å². The summed E-state index contributed by atoms with van der Waals surface area (Å²) in [6.07, 6.45) is 2.36. The number of aryl methyl sites for hydroxylation is 1. The number of nitrogens with zero attached hydrogens (tertiary/aromatic N) is 5. The number of benzene rings is 3. The molecule has 244 valence electrons. The molecule has 9 nitrogen and oxygen atoms in total. The number of aliphatic hydroxyl groups is 1. The first-order chi connectivity index (χ1) is 22.6. The third-order valence-corrected chi connectivity index (χ3v) is 12.7. The molecule has 1 aromatic heterocycles. The molecule has 3 aliphatic heterocycles. The Morgan fingerprint density at radius 3 is 2.43 bits per heavy atom. The summed E-state index contributed by atoms with van der Waals surface area (Å²) in [5.74, 6) is -0.740. The number of amides is 2. The summed E-state index contributed by atoms with van der Waals surface area (Å²) in [4.78, 5) is 30.0. The van der Waals surface area contributed by atoms with E-state index < -0.39 is 25.7 Å². The van der Waals surface area contributed by atoms with Gasteiger partial charge in [-0.15, -0.1) is 5.10 Å². The first kappa shape index (κ1) is 31.4. The van der Waals surface area contributed by atoms with Crippen LogP contribution in [-0.2, 0) is 33.0 Å². The monoisotopic (exact) mass is 653 g/mol. The normalized spacial score (nSPS) is 24.6. The lowest BCUT2D eigenvalue weighted by Crippen LogP contribution is -2.45. The zero-order chi connectivity index (χ0) is 32.9. The number of fused-ring (bicyclic) bond motifs is 2. The summed E-state index contributed by atoms with van der Waals surface area (Å²) in [6.45, 7) is 6.77. The smallest absolute Gasteiger partial charge is 0.264 e. The molecular weight excluding hydrogens is 614 g/mol. The second kappa shape index (κ2) is 12.1. The van der Waals surface area contributed by atoms with Crippen LogP contribution in [0.5, 0.6) is 0 Å². The topological polar surface area (TPSA) is 101 Å². The third kappa shape index (κ3) is 5.40. The molecule has 7 rings (SSSR count). The molecule has 11 heteroatoms. The van der Waals surface area contributed by atoms with Crippen LogP contribution in [0.2, 0.25) is 18.6 Å². The molecule has 47 heavy (non-hydrogen) atoms. The molecule has 1 spiro atoms. The van der Waals surface area contributed by atoms with Crippen molar-refractivity contribution in [1.29, 1.82) is 0 Å². The van der Waals surface area contributed by atoms with E-state index in [1.54, 1.807) is 27.6 Å². The molecule has 2 saturated heterocycles. The maximum absolute atomic E-state index is 16.3. The number of para-hydroxylation sites is 1. The quantitative estimate of drug-likeness (QED) is 0.137. The van der Waals surface area contributed by atoms with E-state index in [0.29, 0.717) is 31.6 Å². The number of rotatable bonds is 10. The Morgan fingerprint density at radius 1 is 1.04 bits per heavy atom. The van der Waals surface area contributed by atoms with Crippen LogP contribution in [0.25, 0.3) is 0 Å². The summed E-state index contributed by atoms with van der Waals surface area (Å²) in [6, 6.07) is 25.1. The Morgan fingerprint density at radius 2 is 1.77 bits per heavy atom. The Hall–Kier alpha value is -4.19. The van der Waals surface area contributed by atoms with Gasteiger partial charge in [-0.1, -0.05) is 72.8 Å². The van der Waals surface area contributed by atoms with Gasteiger partial charge in [-0.2, -0.15) is 0 Å². The Balaban J connectivity index is 1.14. The van der Waals surface area contributed by atoms with Crippen LogP contribution >= 0.6 is 0 Å². The van der Waals surface area contributed by atoms with Crippen molar-refractivity contribution in [3.63, 3.8) is 0 Å². The van der Waals surface area contributed by atoms with Crippen molar-refractivity contribution in [3.05, 3.63) is 107 Å². The lowest BCUT2D eigenvalue weighted by atomic mass is 9.82. The molecule has 1 unspecified atom stereocenters. The fourth-order valence-corrected chi connectivity index (χ4v) is 10.4. The van der Waals surface area contributed by atoms with Crippen LogP contribution in [0, 0.1) is 5.92 Å². The fourth-order valence-electron chi connectivity index (χ4n) is 7.88. The molecular formula is C36H40FN5O4Si. The van der Waals surface area contributed by atoms with Gasteiger partial charge < -0.3 is 23.8 Å². The Bertz CT molecular complexity index is 1780. The summed E-state index contributed by atoms with van der Waals surface area (Å²) in [5, 5.41) is 18.8. The van der Waals surface area contributed by atoms with Crippen molar-refractivity contribution >= 4 is 31.6 Å². The first-order valence-corrected chi connectivity index (χ1v) is 19.3. The SMILES string of the molecule is C[C@@H]1[C@@H]([Si](C)(C)F)[C@H](CCn2cc(C(CO)c3ccccc3)nn2)O[C@@]12C(=O)N(Cc1ccc(N3CCC3=O)cc1)c1ccccc12. The van der Waals surface area contributed by atoms with E-state index in [1.165, 1.54) is 0 Å². The van der Waals surface area contributed by atoms with Crippen molar-refractivity contribution < 1.29 is 23.5 Å². The van der Waals surface area contributed by atoms with Gasteiger partial charge >= 0.3 is 0 Å². The van der Waals surface area contributed by atoms with Crippen LogP contribution in [0.3, 0.4) is 0 Å². The van der Waals surface area contributed by atoms with E-state index in [1.807, 2.05) is 92.0 Å². The molecule has 4 aromatic rings. The van der Waals surface area contributed by atoms with Crippen molar-refractivity contribution in [2.45, 2.75) is 69.1 Å². The number of aliphatic hydroxyl groups excluding tert-OH is 1. The van der Waals surface area contributed by atoms with Crippen molar-refractivity contribution in [2.75, 3.05) is 23.0 Å². The summed E-state index contributed by atoms with van der Waals surface area (Å²) >= 11 is 0. The van der Waals surface area contributed by atoms with Gasteiger partial charge in [0, 0.05) is 48.4 Å². The van der Waals surface area contributed by atoms with Gasteiger partial charge in [0.25, 0.3) is 5.91 Å². The first-order valence-electron chi connectivity index (χ1n) is 16.3. The van der Waals surface area contributed by atoms with Crippen molar-refractivity contribution in [1.82, 2.24) is 15.0 Å². The van der Waals surface area contributed by atoms with E-state index in [0.717, 1.165) is 34.6 Å². The molecule has 0 aliphatic carbocycles. The predicted octanol–water partition coefficient (Wildman–Crippen LogP) is 5.55. The minimum atomic E-state index is -3.32. The molecule has 2 amide bonds. The highest BCUT2D eigenvalue weighted by atomic mass is 28.4. The highest BCUT2D eigenvalue weighted by molar-refractivity contribution is 6.72. The molecule has 2 fully saturated rings. The summed E-state index contributed by atoms with van der Waals surface area (Å²) in [5.41, 5.74) is 3.23. The van der Waals surface area contributed by atoms with Gasteiger partial charge in [-0.05, 0) is 48.8 Å². The molecule has 3 aliphatic rings. The largest absolute Gasteiger partial charge is 0.395 e. The van der Waals surface area contributed by atoms with Gasteiger partial charge in [0.2, 0.25) is 14.3 Å². The molecule has 4 heterocycles. The maximum Gasteiger partial charge on any atom is 0.264 e. The standard InChI is InChI=1S/C36H40FN5O4Si/c1-24-34(47(2,3)37)32(17-19-40-22-30(38-39-40)28(23-43)26-9-5-4-6-10-26)46-36(24)29-11-7-8-12-31(29)42(35(36)45)21-25-13-15-27(16-14-25)41-20-18-33(41)44/h4-16,22,24,28,32,34,43H,17-21,23H2,1-3H3/t24-,28?,32+,34-,36+/m1/s1. The number of ether oxygens (including phenoxy) is 1. The third-order valence-electron chi connectivity index (χ3n) is 10.2. The number of hydrogen-bond acceptors (Lipinski definition) is 6. The average molecular weight is 654 g/mol. The maximum atomic E-state index is 16.3. The number of β-lactam (4-membered cyclic amide) rings is 1. The Kier molecular flexibility index (Phi) is 8.10. The minimum Gasteiger partial charge on any atom is -0.395 e. The van der Waals surface area contributed by atoms with Crippen molar-refractivity contribution in [3.8, 4) is 0 Å². The van der Waals surface area contributed by atoms with Crippen LogP contribution in [0.4, 0.5) is 15.5 Å². The van der Waals surface area contributed by atoms with E-state index in [9.17, 15) is 14.7 Å². The average Bonchev–Trinajstić information content (AvgIpc) is 3.71. The van der Waals surface area contributed by atoms with Gasteiger partial charge in [0.1, 0.15) is 0 Å². The number of halogens is 1. The number of hydrogen-bond donors (Lipinski definition) is 1. The molecule has 0 bridgehead atoms. The fraction of sp³-hybridized carbons (Fsp3) is 0.389. The number of carbonyl (C=O) groups is 2. The van der Waals surface area contributed by atoms with Gasteiger partial charge in [0.05, 0.1) is 36.6 Å². The summed E-state index contributed by atoms with van der Waals surface area (Å²) < 4.78 is 24.9. The molecule has 0 saturated carbocycles. The zero-order valence-corrected chi connectivity index (χ0v) is 27.9. The highest BCUT2D eigenvalue weighted by Gasteiger charge is 2.66. The second-order valence-corrected chi connectivity index (χ2v) is 17.3. The van der Waals surface area contributed by atoms with Crippen LogP contribution < -0.4 is 9.80 Å². The van der Waals surface area contributed by atoms with Crippen LogP contribution in [-0.4, -0.2) is 59.6 Å². The molecule has 5 atom stereocenters. The van der Waals surface area contributed by atoms with E-state index in [4.69, 9.17) is 4.74 Å². The van der Waals surface area contributed by atoms with E-state index in [2.05, 4.69) is 10.3 Å². The molecule has 3 aromatic carbocycles. The number of aromatic nitrogens is 3.